The molecule has 0 fully saturated rings. The molecule has 24 nitrogen and oxygen atoms in total. The Bertz CT molecular complexity index is 2720. The molecular weight excluding hydrogens is 1020 g/mol. The van der Waals surface area contributed by atoms with Crippen molar-refractivity contribution < 1.29 is 52.6 Å². The van der Waals surface area contributed by atoms with E-state index in [-0.39, 0.29) is 81.5 Å². The molecule has 8 amide bonds. The zero-order chi connectivity index (χ0) is 57.9. The Hall–Kier alpha value is -8.16. The van der Waals surface area contributed by atoms with Gasteiger partial charge in [0.15, 0.2) is 0 Å². The van der Waals surface area contributed by atoms with Crippen molar-refractivity contribution in [2.24, 2.45) is 34.4 Å². The summed E-state index contributed by atoms with van der Waals surface area (Å²) in [7, 11) is 4.11. The third kappa shape index (κ3) is 20.0. The Kier molecular flexibility index (Phi) is 26.6. The van der Waals surface area contributed by atoms with Crippen LogP contribution < -0.4 is 85.8 Å². The van der Waals surface area contributed by atoms with Crippen molar-refractivity contribution in [3.05, 3.63) is 101 Å². The Morgan fingerprint density at radius 2 is 0.759 bits per heavy atom. The average molecular weight is 1100 g/mol. The fraction of sp³-hybridized carbons (Fsp3) is 0.418. The summed E-state index contributed by atoms with van der Waals surface area (Å²) < 4.78 is 16.2. The van der Waals surface area contributed by atoms with E-state index in [0.717, 1.165) is 0 Å². The van der Waals surface area contributed by atoms with Gasteiger partial charge in [0, 0.05) is 28.3 Å². The number of primary amides is 1. The van der Waals surface area contributed by atoms with E-state index in [1.165, 1.54) is 82.0 Å². The highest BCUT2D eigenvalue weighted by Crippen LogP contribution is 2.27. The third-order valence-corrected chi connectivity index (χ3v) is 12.6. The van der Waals surface area contributed by atoms with Crippen LogP contribution in [-0.4, -0.2) is 119 Å². The lowest BCUT2D eigenvalue weighted by Crippen LogP contribution is -2.44. The fourth-order valence-electron chi connectivity index (χ4n) is 8.20. The van der Waals surface area contributed by atoms with Crippen LogP contribution in [0, 0.1) is 0 Å². The van der Waals surface area contributed by atoms with Crippen LogP contribution in [0.4, 0.5) is 22.7 Å². The minimum Gasteiger partial charge on any atom is -0.496 e. The maximum Gasteiger partial charge on any atom is 0.255 e. The number of nitrogens with one attached hydrogen (secondary N) is 7. The van der Waals surface area contributed by atoms with Crippen LogP contribution in [0.15, 0.2) is 78.9 Å². The summed E-state index contributed by atoms with van der Waals surface area (Å²) in [4.78, 5) is 108. The highest BCUT2D eigenvalue weighted by molar-refractivity contribution is 6.07. The van der Waals surface area contributed by atoms with Gasteiger partial charge in [-0.05, 0) is 170 Å². The first kappa shape index (κ1) is 63.4. The summed E-state index contributed by atoms with van der Waals surface area (Å²) in [6, 6.07) is 15.1. The second-order valence-corrected chi connectivity index (χ2v) is 18.5. The minimum absolute atomic E-state index is 0.0349. The van der Waals surface area contributed by atoms with Crippen molar-refractivity contribution in [1.29, 1.82) is 0 Å². The molecule has 0 radical (unpaired) electrons. The number of anilines is 4. The number of ether oxygens (including phenoxy) is 3. The summed E-state index contributed by atoms with van der Waals surface area (Å²) in [6.45, 7) is 1.51. The predicted molar refractivity (Wildman–Crippen MR) is 302 cm³/mol. The Balaban J connectivity index is 1.51. The summed E-state index contributed by atoms with van der Waals surface area (Å²) in [5.41, 5.74) is 35.5. The molecule has 0 aliphatic rings. The number of carbonyl (C=O) groups excluding carboxylic acids is 8. The van der Waals surface area contributed by atoms with Gasteiger partial charge in [0.2, 0.25) is 23.6 Å². The third-order valence-electron chi connectivity index (χ3n) is 12.6. The van der Waals surface area contributed by atoms with Crippen LogP contribution >= 0.6 is 0 Å². The largest absolute Gasteiger partial charge is 0.496 e. The standard InChI is InChI=1S/C55H77N13O11/c1-77-45-22-19-35(30-38(45)48(61)69)64-53(74)42(16-5-9-26-57)66-49(70)33-13-12-14-34(29-33)63-54(75)43(17-6-10-27-58)67-51(72)40-32-37(21-24-47(40)79-3)65-55(76)44(18-7-11-28-59)68-50(71)39-31-36(20-23-46(39)78-2)62-52(73)41(60)15-4-8-25-56/h12-14,19-24,29-32,41-44H,4-11,15-18,25-28,56-60H2,1-3H3,(H2,61,69)(H,62,73)(H,63,75)(H,64,74)(H,65,76)(H,66,70)(H,67,72)(H,68,71)/t41-,42-,43-,44-/m0/s1. The number of unbranched alkanes of at least 4 members (excludes halogenated alkanes) is 4. The lowest BCUT2D eigenvalue weighted by Gasteiger charge is -2.21. The zero-order valence-corrected chi connectivity index (χ0v) is 45.1. The Labute approximate surface area is 459 Å². The first-order valence-electron chi connectivity index (χ1n) is 26.2. The first-order valence-corrected chi connectivity index (χ1v) is 26.2. The van der Waals surface area contributed by atoms with Crippen LogP contribution in [0.25, 0.3) is 0 Å². The van der Waals surface area contributed by atoms with Crippen molar-refractivity contribution >= 4 is 70.0 Å². The number of nitrogens with two attached hydrogens (primary N) is 6. The minimum atomic E-state index is -1.13. The molecule has 0 unspecified atom stereocenters. The van der Waals surface area contributed by atoms with Crippen molar-refractivity contribution in [2.45, 2.75) is 101 Å². The Morgan fingerprint density at radius 1 is 0.418 bits per heavy atom. The molecule has 19 N–H and O–H groups in total. The van der Waals surface area contributed by atoms with E-state index in [1.807, 2.05) is 0 Å². The van der Waals surface area contributed by atoms with Gasteiger partial charge >= 0.3 is 0 Å². The van der Waals surface area contributed by atoms with Crippen LogP contribution in [0.2, 0.25) is 0 Å². The smallest absolute Gasteiger partial charge is 0.255 e. The molecule has 4 aromatic carbocycles. The monoisotopic (exact) mass is 1100 g/mol. The van der Waals surface area contributed by atoms with Gasteiger partial charge in [-0.2, -0.15) is 0 Å². The Morgan fingerprint density at radius 3 is 1.14 bits per heavy atom. The van der Waals surface area contributed by atoms with Crippen LogP contribution in [0.1, 0.15) is 118 Å². The van der Waals surface area contributed by atoms with Gasteiger partial charge in [-0.1, -0.05) is 12.5 Å². The average Bonchev–Trinajstić information content (AvgIpc) is 3.44. The van der Waals surface area contributed by atoms with Crippen molar-refractivity contribution in [3.8, 4) is 17.2 Å². The second kappa shape index (κ2) is 33.2. The molecule has 428 valence electrons. The summed E-state index contributed by atoms with van der Waals surface area (Å²) in [6.07, 6.45) is 5.46. The first-order chi connectivity index (χ1) is 38.0. The SMILES string of the molecule is COc1ccc(NC(=O)[C@H](CCCCN)NC(=O)c2cccc(NC(=O)[C@H](CCCCN)NC(=O)c3cc(NC(=O)[C@H](CCCCN)NC(=O)c4cc(NC(=O)[C@@H](N)CCCCN)ccc4OC)ccc3OC)c2)cc1C(N)=O. The van der Waals surface area contributed by atoms with Gasteiger partial charge in [-0.15, -0.1) is 0 Å². The normalized spacial score (nSPS) is 12.4. The van der Waals surface area contributed by atoms with Crippen LogP contribution in [0.5, 0.6) is 17.2 Å². The number of amides is 8. The highest BCUT2D eigenvalue weighted by Gasteiger charge is 2.28. The van der Waals surface area contributed by atoms with E-state index in [1.54, 1.807) is 18.2 Å². The van der Waals surface area contributed by atoms with Gasteiger partial charge in [-0.3, -0.25) is 38.4 Å². The predicted octanol–water partition coefficient (Wildman–Crippen LogP) is 2.80. The van der Waals surface area contributed by atoms with Gasteiger partial charge in [0.05, 0.1) is 44.1 Å². The van der Waals surface area contributed by atoms with E-state index >= 15 is 0 Å². The van der Waals surface area contributed by atoms with Gasteiger partial charge in [0.25, 0.3) is 23.6 Å². The van der Waals surface area contributed by atoms with E-state index < -0.39 is 71.4 Å². The fourth-order valence-corrected chi connectivity index (χ4v) is 8.20. The number of carbonyl (C=O) groups is 8. The lowest BCUT2D eigenvalue weighted by atomic mass is 10.1. The van der Waals surface area contributed by atoms with Crippen molar-refractivity contribution in [1.82, 2.24) is 16.0 Å². The summed E-state index contributed by atoms with van der Waals surface area (Å²) >= 11 is 0. The molecule has 0 bridgehead atoms. The van der Waals surface area contributed by atoms with Gasteiger partial charge < -0.3 is 85.8 Å². The number of benzene rings is 4. The number of methoxy groups -OCH3 is 3. The molecule has 0 saturated heterocycles. The van der Waals surface area contributed by atoms with E-state index in [0.29, 0.717) is 84.0 Å². The summed E-state index contributed by atoms with van der Waals surface area (Å²) in [5, 5.41) is 19.3. The van der Waals surface area contributed by atoms with Gasteiger partial charge in [-0.25, -0.2) is 0 Å². The molecule has 24 heteroatoms. The quantitative estimate of drug-likeness (QED) is 0.0299. The molecule has 4 rings (SSSR count). The molecule has 4 aromatic rings. The molecule has 4 atom stereocenters. The van der Waals surface area contributed by atoms with Crippen LogP contribution in [0.3, 0.4) is 0 Å². The lowest BCUT2D eigenvalue weighted by molar-refractivity contribution is -0.118. The molecule has 0 aromatic heterocycles. The number of hydrogen-bond acceptors (Lipinski definition) is 16. The topological polar surface area (TPSA) is 405 Å². The van der Waals surface area contributed by atoms with Crippen molar-refractivity contribution in [2.75, 3.05) is 68.8 Å². The molecule has 0 aliphatic carbocycles. The number of rotatable bonds is 34. The maximum atomic E-state index is 14.2. The maximum absolute atomic E-state index is 14.2. The molecule has 79 heavy (non-hydrogen) atoms. The van der Waals surface area contributed by atoms with E-state index in [4.69, 9.17) is 48.6 Å². The van der Waals surface area contributed by atoms with Crippen molar-refractivity contribution in [3.63, 3.8) is 0 Å². The summed E-state index contributed by atoms with van der Waals surface area (Å²) in [5.74, 6) is -4.53. The highest BCUT2D eigenvalue weighted by atomic mass is 16.5. The number of hydrogen-bond donors (Lipinski definition) is 13. The van der Waals surface area contributed by atoms with E-state index in [9.17, 15) is 38.4 Å². The molecule has 0 saturated carbocycles. The molecular formula is C55H77N13O11. The molecule has 0 spiro atoms. The molecule has 0 heterocycles. The van der Waals surface area contributed by atoms with Gasteiger partial charge in [0.1, 0.15) is 35.4 Å². The van der Waals surface area contributed by atoms with E-state index in [2.05, 4.69) is 37.2 Å². The van der Waals surface area contributed by atoms with Crippen LogP contribution in [-0.2, 0) is 19.2 Å². The second-order valence-electron chi connectivity index (χ2n) is 18.5. The molecule has 0 aliphatic heterocycles. The zero-order valence-electron chi connectivity index (χ0n) is 45.1.